The smallest absolute Gasteiger partial charge is 0.137 e. The fourth-order valence-corrected chi connectivity index (χ4v) is 2.65. The lowest BCUT2D eigenvalue weighted by atomic mass is 10.3. The molecular weight excluding hydrogens is 256 g/mol. The molecule has 3 heteroatoms. The molecule has 0 unspecified atom stereocenters. The van der Waals surface area contributed by atoms with Crippen molar-refractivity contribution in [1.82, 2.24) is 0 Å². The zero-order valence-electron chi connectivity index (χ0n) is 11.0. The Morgan fingerprint density at radius 2 is 1.83 bits per heavy atom. The number of rotatable bonds is 3. The Kier molecular flexibility index (Phi) is 5.56. The summed E-state index contributed by atoms with van der Waals surface area (Å²) < 4.78 is 0. The lowest BCUT2D eigenvalue weighted by molar-refractivity contribution is 0.243. The van der Waals surface area contributed by atoms with E-state index in [2.05, 4.69) is 37.0 Å². The largest absolute Gasteiger partial charge is 0.378 e. The molecule has 0 spiro atoms. The summed E-state index contributed by atoms with van der Waals surface area (Å²) in [4.78, 5) is 1.05. The Hall–Kier alpha value is -1.13. The van der Waals surface area contributed by atoms with Crippen molar-refractivity contribution in [3.05, 3.63) is 30.3 Å². The Balaban J connectivity index is 2.73. The molecule has 94 valence electrons. The SMILES string of the molecule is C#C[C@H](Sc1ccccc1)[C@H](O)C#C[Si](C)(C)C. The first-order valence-corrected chi connectivity index (χ1v) is 10.2. The maximum absolute atomic E-state index is 10.0. The molecule has 1 nitrogen and oxygen atoms in total. The van der Waals surface area contributed by atoms with E-state index in [1.807, 2.05) is 30.3 Å². The quantitative estimate of drug-likeness (QED) is 0.519. The molecule has 0 amide bonds. The summed E-state index contributed by atoms with van der Waals surface area (Å²) in [6, 6.07) is 9.82. The fraction of sp³-hybridized carbons (Fsp3) is 0.333. The second-order valence-electron chi connectivity index (χ2n) is 4.98. The van der Waals surface area contributed by atoms with Crippen molar-refractivity contribution in [3.8, 4) is 23.8 Å². The minimum absolute atomic E-state index is 0.323. The van der Waals surface area contributed by atoms with Gasteiger partial charge in [-0.3, -0.25) is 0 Å². The van der Waals surface area contributed by atoms with Crippen molar-refractivity contribution in [1.29, 1.82) is 0 Å². The van der Waals surface area contributed by atoms with Gasteiger partial charge in [0.1, 0.15) is 19.4 Å². The Labute approximate surface area is 115 Å². The van der Waals surface area contributed by atoms with E-state index in [0.29, 0.717) is 0 Å². The highest BCUT2D eigenvalue weighted by Crippen LogP contribution is 2.24. The number of thioether (sulfide) groups is 1. The topological polar surface area (TPSA) is 20.2 Å². The molecule has 2 atom stereocenters. The fourth-order valence-electron chi connectivity index (χ4n) is 1.20. The molecule has 1 N–H and O–H groups in total. The van der Waals surface area contributed by atoms with Gasteiger partial charge in [-0.05, 0) is 12.1 Å². The summed E-state index contributed by atoms with van der Waals surface area (Å²) in [5, 5.41) is 9.70. The molecule has 18 heavy (non-hydrogen) atoms. The highest BCUT2D eigenvalue weighted by Gasteiger charge is 2.17. The lowest BCUT2D eigenvalue weighted by Crippen LogP contribution is -2.22. The summed E-state index contributed by atoms with van der Waals surface area (Å²) in [5.74, 6) is 5.51. The predicted molar refractivity (Wildman–Crippen MR) is 82.0 cm³/mol. The van der Waals surface area contributed by atoms with Gasteiger partial charge in [-0.15, -0.1) is 23.7 Å². The van der Waals surface area contributed by atoms with E-state index in [-0.39, 0.29) is 5.25 Å². The number of hydrogen-bond donors (Lipinski definition) is 1. The molecule has 0 bridgehead atoms. The van der Waals surface area contributed by atoms with Crippen molar-refractivity contribution < 1.29 is 5.11 Å². The van der Waals surface area contributed by atoms with Crippen LogP contribution in [-0.2, 0) is 0 Å². The van der Waals surface area contributed by atoms with E-state index in [0.717, 1.165) is 4.90 Å². The van der Waals surface area contributed by atoms with E-state index in [1.165, 1.54) is 11.8 Å². The minimum Gasteiger partial charge on any atom is -0.378 e. The van der Waals surface area contributed by atoms with Crippen LogP contribution < -0.4 is 0 Å². The van der Waals surface area contributed by atoms with Gasteiger partial charge in [0.25, 0.3) is 0 Å². The molecule has 0 aliphatic heterocycles. The average molecular weight is 274 g/mol. The molecule has 0 aliphatic rings. The van der Waals surface area contributed by atoms with E-state index in [4.69, 9.17) is 6.42 Å². The van der Waals surface area contributed by atoms with Crippen LogP contribution in [-0.4, -0.2) is 24.5 Å². The standard InChI is InChI=1S/C15H18OSSi/c1-5-15(14(16)11-12-18(2,3)4)17-13-9-7-6-8-10-13/h1,6-10,14-16H,2-4H3/t14-,15+/m1/s1. The number of benzene rings is 1. The van der Waals surface area contributed by atoms with Crippen LogP contribution >= 0.6 is 11.8 Å². The van der Waals surface area contributed by atoms with Crippen LogP contribution in [0.2, 0.25) is 19.6 Å². The van der Waals surface area contributed by atoms with Gasteiger partial charge in [-0.1, -0.05) is 49.7 Å². The van der Waals surface area contributed by atoms with E-state index < -0.39 is 14.2 Å². The Morgan fingerprint density at radius 1 is 1.22 bits per heavy atom. The van der Waals surface area contributed by atoms with Crippen LogP contribution in [0.25, 0.3) is 0 Å². The van der Waals surface area contributed by atoms with E-state index in [1.54, 1.807) is 0 Å². The van der Waals surface area contributed by atoms with Gasteiger partial charge in [0.15, 0.2) is 0 Å². The van der Waals surface area contributed by atoms with Crippen LogP contribution in [0.4, 0.5) is 0 Å². The molecular formula is C15H18OSSi. The maximum Gasteiger partial charge on any atom is 0.137 e. The zero-order chi connectivity index (χ0) is 13.6. The molecule has 0 saturated carbocycles. The summed E-state index contributed by atoms with van der Waals surface area (Å²) in [5.41, 5.74) is 3.15. The summed E-state index contributed by atoms with van der Waals surface area (Å²) in [6.45, 7) is 6.42. The summed E-state index contributed by atoms with van der Waals surface area (Å²) in [7, 11) is -1.47. The highest BCUT2D eigenvalue weighted by molar-refractivity contribution is 8.00. The van der Waals surface area contributed by atoms with Crippen molar-refractivity contribution in [3.63, 3.8) is 0 Å². The van der Waals surface area contributed by atoms with Gasteiger partial charge in [-0.2, -0.15) is 0 Å². The van der Waals surface area contributed by atoms with Gasteiger partial charge < -0.3 is 5.11 Å². The van der Waals surface area contributed by atoms with Crippen LogP contribution in [0.3, 0.4) is 0 Å². The van der Waals surface area contributed by atoms with Crippen molar-refractivity contribution in [2.45, 2.75) is 35.9 Å². The van der Waals surface area contributed by atoms with Gasteiger partial charge >= 0.3 is 0 Å². The van der Waals surface area contributed by atoms with Crippen molar-refractivity contribution in [2.24, 2.45) is 0 Å². The van der Waals surface area contributed by atoms with Crippen LogP contribution in [0.15, 0.2) is 35.2 Å². The molecule has 0 radical (unpaired) electrons. The zero-order valence-corrected chi connectivity index (χ0v) is 12.8. The highest BCUT2D eigenvalue weighted by atomic mass is 32.2. The molecule has 0 heterocycles. The van der Waals surface area contributed by atoms with Crippen LogP contribution in [0, 0.1) is 23.8 Å². The van der Waals surface area contributed by atoms with Crippen LogP contribution in [0.1, 0.15) is 0 Å². The first kappa shape index (κ1) is 14.9. The van der Waals surface area contributed by atoms with Gasteiger partial charge in [-0.25, -0.2) is 0 Å². The third kappa shape index (κ3) is 5.47. The number of aliphatic hydroxyl groups excluding tert-OH is 1. The minimum atomic E-state index is -1.47. The third-order valence-electron chi connectivity index (χ3n) is 2.05. The summed E-state index contributed by atoms with van der Waals surface area (Å²) in [6.07, 6.45) is 4.70. The summed E-state index contributed by atoms with van der Waals surface area (Å²) >= 11 is 1.47. The third-order valence-corrected chi connectivity index (χ3v) is 4.14. The molecule has 1 rings (SSSR count). The van der Waals surface area contributed by atoms with Crippen LogP contribution in [0.5, 0.6) is 0 Å². The van der Waals surface area contributed by atoms with Gasteiger partial charge in [0.05, 0.1) is 0 Å². The number of terminal acetylenes is 1. The first-order valence-electron chi connectivity index (χ1n) is 5.81. The van der Waals surface area contributed by atoms with Gasteiger partial charge in [0, 0.05) is 4.90 Å². The lowest BCUT2D eigenvalue weighted by Gasteiger charge is -2.13. The van der Waals surface area contributed by atoms with Crippen molar-refractivity contribution >= 4 is 19.8 Å². The normalized spacial score (nSPS) is 13.9. The average Bonchev–Trinajstić information content (AvgIpc) is 2.33. The monoisotopic (exact) mass is 274 g/mol. The molecule has 1 aromatic rings. The predicted octanol–water partition coefficient (Wildman–Crippen LogP) is 3.02. The molecule has 1 aromatic carbocycles. The second-order valence-corrected chi connectivity index (χ2v) is 10.9. The first-order chi connectivity index (χ1) is 8.42. The number of hydrogen-bond acceptors (Lipinski definition) is 2. The maximum atomic E-state index is 10.0. The molecule has 0 aromatic heterocycles. The second kappa shape index (κ2) is 6.71. The Morgan fingerprint density at radius 3 is 2.33 bits per heavy atom. The van der Waals surface area contributed by atoms with E-state index in [9.17, 15) is 5.11 Å². The van der Waals surface area contributed by atoms with Gasteiger partial charge in [0.2, 0.25) is 0 Å². The van der Waals surface area contributed by atoms with Crippen molar-refractivity contribution in [2.75, 3.05) is 0 Å². The van der Waals surface area contributed by atoms with E-state index >= 15 is 0 Å². The molecule has 0 saturated heterocycles. The molecule has 0 fully saturated rings. The Bertz CT molecular complexity index is 473. The molecule has 0 aliphatic carbocycles. The number of aliphatic hydroxyl groups is 1.